The maximum absolute atomic E-state index is 12.1. The van der Waals surface area contributed by atoms with Crippen molar-refractivity contribution >= 4 is 12.1 Å². The van der Waals surface area contributed by atoms with E-state index in [2.05, 4.69) is 0 Å². The molecule has 0 saturated carbocycles. The van der Waals surface area contributed by atoms with Crippen molar-refractivity contribution in [1.82, 2.24) is 0 Å². The van der Waals surface area contributed by atoms with Gasteiger partial charge in [-0.3, -0.25) is 19.7 Å². The molecule has 0 bridgehead atoms. The van der Waals surface area contributed by atoms with Gasteiger partial charge in [-0.05, 0) is 13.0 Å². The maximum atomic E-state index is 12.1. The highest BCUT2D eigenvalue weighted by Crippen LogP contribution is 2.31. The van der Waals surface area contributed by atoms with E-state index < -0.39 is 10.3 Å². The second-order valence-corrected chi connectivity index (χ2v) is 4.72. The number of hydrogen-bond acceptors (Lipinski definition) is 4. The van der Waals surface area contributed by atoms with E-state index in [0.717, 1.165) is 0 Å². The van der Waals surface area contributed by atoms with Crippen LogP contribution in [0.5, 0.6) is 0 Å². The molecule has 5 heteroatoms. The molecule has 20 heavy (non-hydrogen) atoms. The predicted octanol–water partition coefficient (Wildman–Crippen LogP) is 3.10. The molecule has 1 unspecified atom stereocenters. The molecule has 1 atom stereocenters. The molecule has 0 fully saturated rings. The van der Waals surface area contributed by atoms with Gasteiger partial charge in [-0.2, -0.15) is 0 Å². The van der Waals surface area contributed by atoms with Crippen LogP contribution in [0.2, 0.25) is 0 Å². The van der Waals surface area contributed by atoms with Gasteiger partial charge in [-0.1, -0.05) is 33.8 Å². The minimum Gasteiger partial charge on any atom is -0.298 e. The molecule has 5 nitrogen and oxygen atoms in total. The Labute approximate surface area is 119 Å². The van der Waals surface area contributed by atoms with Crippen molar-refractivity contribution in [3.8, 4) is 0 Å². The molecule has 1 aliphatic carbocycles. The van der Waals surface area contributed by atoms with E-state index >= 15 is 0 Å². The van der Waals surface area contributed by atoms with Gasteiger partial charge in [0.05, 0.1) is 10.3 Å². The van der Waals surface area contributed by atoms with Crippen molar-refractivity contribution < 1.29 is 14.5 Å². The standard InChI is InChI=1S/C13H15NO4.C2H6/c1-9(2)12(16)13(3)6-10(8-15)4-5-11(7-13)14(17)18;1-2/h4-9H,1-3H3;1-2H3. The topological polar surface area (TPSA) is 77.3 Å². The monoisotopic (exact) mass is 279 g/mol. The molecular weight excluding hydrogens is 258 g/mol. The van der Waals surface area contributed by atoms with Gasteiger partial charge in [-0.15, -0.1) is 0 Å². The minimum atomic E-state index is -1.13. The van der Waals surface area contributed by atoms with Gasteiger partial charge < -0.3 is 0 Å². The van der Waals surface area contributed by atoms with E-state index in [0.29, 0.717) is 6.29 Å². The highest BCUT2D eigenvalue weighted by Gasteiger charge is 2.34. The van der Waals surface area contributed by atoms with E-state index in [1.807, 2.05) is 13.8 Å². The van der Waals surface area contributed by atoms with Crippen molar-refractivity contribution in [3.63, 3.8) is 0 Å². The Bertz CT molecular complexity index is 486. The molecule has 0 aromatic carbocycles. The van der Waals surface area contributed by atoms with Crippen molar-refractivity contribution in [2.24, 2.45) is 11.3 Å². The van der Waals surface area contributed by atoms with Gasteiger partial charge in [-0.25, -0.2) is 0 Å². The lowest BCUT2D eigenvalue weighted by molar-refractivity contribution is -0.419. The van der Waals surface area contributed by atoms with Gasteiger partial charge >= 0.3 is 0 Å². The lowest BCUT2D eigenvalue weighted by Gasteiger charge is -2.22. The van der Waals surface area contributed by atoms with Crippen LogP contribution in [0.1, 0.15) is 34.6 Å². The van der Waals surface area contributed by atoms with Crippen molar-refractivity contribution in [2.45, 2.75) is 34.6 Å². The predicted molar refractivity (Wildman–Crippen MR) is 77.7 cm³/mol. The lowest BCUT2D eigenvalue weighted by atomic mass is 9.79. The van der Waals surface area contributed by atoms with Crippen molar-refractivity contribution in [1.29, 1.82) is 0 Å². The Balaban J connectivity index is 0.00000172. The Morgan fingerprint density at radius 2 is 1.85 bits per heavy atom. The fourth-order valence-corrected chi connectivity index (χ4v) is 1.92. The smallest absolute Gasteiger partial charge is 0.266 e. The molecule has 0 aromatic rings. The third-order valence-corrected chi connectivity index (χ3v) is 2.76. The Kier molecular flexibility index (Phi) is 6.76. The summed E-state index contributed by atoms with van der Waals surface area (Å²) >= 11 is 0. The molecule has 110 valence electrons. The molecule has 0 heterocycles. The molecule has 0 saturated heterocycles. The van der Waals surface area contributed by atoms with Crippen LogP contribution in [0.4, 0.5) is 0 Å². The van der Waals surface area contributed by atoms with E-state index in [4.69, 9.17) is 0 Å². The van der Waals surface area contributed by atoms with Gasteiger partial charge in [0.1, 0.15) is 12.1 Å². The number of allylic oxidation sites excluding steroid dienone is 5. The molecule has 0 N–H and O–H groups in total. The summed E-state index contributed by atoms with van der Waals surface area (Å²) in [6.45, 7) is 9.02. The molecule has 1 aliphatic rings. The number of nitrogens with zero attached hydrogens (tertiary/aromatic N) is 1. The van der Waals surface area contributed by atoms with E-state index in [9.17, 15) is 19.7 Å². The first-order valence-corrected chi connectivity index (χ1v) is 6.58. The maximum Gasteiger partial charge on any atom is 0.266 e. The van der Waals surface area contributed by atoms with E-state index in [1.165, 1.54) is 24.3 Å². The Morgan fingerprint density at radius 3 is 2.25 bits per heavy atom. The summed E-state index contributed by atoms with van der Waals surface area (Å²) in [6, 6.07) is 0. The van der Waals surface area contributed by atoms with Crippen LogP contribution in [0.3, 0.4) is 0 Å². The van der Waals surface area contributed by atoms with Gasteiger partial charge in [0.15, 0.2) is 0 Å². The number of aldehydes is 1. The third kappa shape index (κ3) is 4.26. The highest BCUT2D eigenvalue weighted by molar-refractivity contribution is 5.92. The first-order valence-electron chi connectivity index (χ1n) is 6.58. The summed E-state index contributed by atoms with van der Waals surface area (Å²) in [7, 11) is 0. The summed E-state index contributed by atoms with van der Waals surface area (Å²) in [5.74, 6) is -0.439. The molecule has 0 aliphatic heterocycles. The van der Waals surface area contributed by atoms with Crippen molar-refractivity contribution in [3.05, 3.63) is 45.7 Å². The number of Topliss-reactive ketones (excluding diaryl/α,β-unsaturated/α-hetero) is 1. The largest absolute Gasteiger partial charge is 0.298 e. The molecular formula is C15H21NO4. The number of carbonyl (C=O) groups excluding carboxylic acids is 2. The third-order valence-electron chi connectivity index (χ3n) is 2.76. The zero-order chi connectivity index (χ0) is 15.9. The van der Waals surface area contributed by atoms with Gasteiger partial charge in [0.2, 0.25) is 0 Å². The Hall–Kier alpha value is -2.04. The van der Waals surface area contributed by atoms with Crippen molar-refractivity contribution in [2.75, 3.05) is 0 Å². The van der Waals surface area contributed by atoms with Gasteiger partial charge in [0.25, 0.3) is 5.70 Å². The van der Waals surface area contributed by atoms with E-state index in [1.54, 1.807) is 20.8 Å². The van der Waals surface area contributed by atoms with Crippen LogP contribution in [0, 0.1) is 21.4 Å². The lowest BCUT2D eigenvalue weighted by Crippen LogP contribution is -2.28. The zero-order valence-electron chi connectivity index (χ0n) is 12.5. The summed E-state index contributed by atoms with van der Waals surface area (Å²) in [5, 5.41) is 10.8. The Morgan fingerprint density at radius 1 is 1.30 bits per heavy atom. The summed E-state index contributed by atoms with van der Waals surface area (Å²) in [4.78, 5) is 33.3. The van der Waals surface area contributed by atoms with Crippen LogP contribution in [0.15, 0.2) is 35.6 Å². The molecule has 0 radical (unpaired) electrons. The number of nitro groups is 1. The van der Waals surface area contributed by atoms with Crippen LogP contribution in [0.25, 0.3) is 0 Å². The summed E-state index contributed by atoms with van der Waals surface area (Å²) in [6.07, 6.45) is 5.93. The fourth-order valence-electron chi connectivity index (χ4n) is 1.92. The number of ketones is 1. The quantitative estimate of drug-likeness (QED) is 0.450. The number of hydrogen-bond donors (Lipinski definition) is 0. The first-order chi connectivity index (χ1) is 9.30. The molecule has 0 spiro atoms. The molecule has 0 aromatic heterocycles. The average molecular weight is 279 g/mol. The molecule has 1 rings (SSSR count). The average Bonchev–Trinajstić information content (AvgIpc) is 2.60. The highest BCUT2D eigenvalue weighted by atomic mass is 16.6. The number of carbonyl (C=O) groups is 2. The second kappa shape index (κ2) is 7.53. The summed E-state index contributed by atoms with van der Waals surface area (Å²) < 4.78 is 0. The first kappa shape index (κ1) is 18.0. The van der Waals surface area contributed by atoms with Crippen LogP contribution < -0.4 is 0 Å². The normalized spacial score (nSPS) is 21.1. The van der Waals surface area contributed by atoms with E-state index in [-0.39, 0.29) is 23.0 Å². The summed E-state index contributed by atoms with van der Waals surface area (Å²) in [5.41, 5.74) is -1.05. The van der Waals surface area contributed by atoms with Crippen LogP contribution in [-0.2, 0) is 9.59 Å². The molecule has 0 amide bonds. The van der Waals surface area contributed by atoms with Crippen LogP contribution in [-0.4, -0.2) is 17.0 Å². The fraction of sp³-hybridized carbons (Fsp3) is 0.467. The number of rotatable bonds is 4. The minimum absolute atomic E-state index is 0.162. The second-order valence-electron chi connectivity index (χ2n) is 4.72. The van der Waals surface area contributed by atoms with Gasteiger partial charge in [0, 0.05) is 23.6 Å². The zero-order valence-corrected chi connectivity index (χ0v) is 12.5. The van der Waals surface area contributed by atoms with Crippen LogP contribution >= 0.6 is 0 Å². The SMILES string of the molecule is CC.CC(C)C(=O)C1(C)C=C(C=O)C=CC([N+](=O)[O-])=C1.